The van der Waals surface area contributed by atoms with Gasteiger partial charge in [0.2, 0.25) is 0 Å². The summed E-state index contributed by atoms with van der Waals surface area (Å²) in [4.78, 5) is 0.605. The third kappa shape index (κ3) is 3.26. The van der Waals surface area contributed by atoms with Gasteiger partial charge < -0.3 is 0 Å². The van der Waals surface area contributed by atoms with Crippen LogP contribution in [0.15, 0.2) is 63.9 Å². The number of aryl methyl sites for hydroxylation is 1. The molecule has 2 aromatic carbocycles. The average Bonchev–Trinajstić information content (AvgIpc) is 2.48. The van der Waals surface area contributed by atoms with Gasteiger partial charge in [-0.15, -0.1) is 0 Å². The van der Waals surface area contributed by atoms with E-state index in [0.29, 0.717) is 4.90 Å². The predicted octanol–water partition coefficient (Wildman–Crippen LogP) is 4.14. The maximum Gasteiger partial charge on any atom is 0.193 e. The lowest BCUT2D eigenvalue weighted by atomic mass is 10.1. The maximum absolute atomic E-state index is 12.9. The van der Waals surface area contributed by atoms with E-state index in [4.69, 9.17) is 4.18 Å². The third-order valence-corrected chi connectivity index (χ3v) is 5.04. The molecule has 20 heavy (non-hydrogen) atoms. The Kier molecular flexibility index (Phi) is 4.57. The molecule has 0 N–H and O–H groups in total. The van der Waals surface area contributed by atoms with Crippen LogP contribution < -0.4 is 0 Å². The lowest BCUT2D eigenvalue weighted by Gasteiger charge is -2.12. The Hall–Kier alpha value is -1.65. The third-order valence-electron chi connectivity index (χ3n) is 3.12. The molecule has 0 saturated heterocycles. The fraction of sp³-hybridized carbons (Fsp3) is 0.250. The summed E-state index contributed by atoms with van der Waals surface area (Å²) < 4.78 is 22.5. The van der Waals surface area contributed by atoms with E-state index in [0.717, 1.165) is 11.1 Å². The Morgan fingerprint density at radius 2 is 1.65 bits per heavy atom. The molecule has 2 atom stereocenters. The Balaban J connectivity index is 2.42. The van der Waals surface area contributed by atoms with Gasteiger partial charge in [-0.25, -0.2) is 8.57 Å². The van der Waals surface area contributed by atoms with Crippen molar-refractivity contribution in [3.05, 3.63) is 65.7 Å². The zero-order valence-corrected chi connectivity index (χ0v) is 12.8. The normalized spacial score (nSPS) is 15.3. The second-order valence-corrected chi connectivity index (χ2v) is 6.61. The van der Waals surface area contributed by atoms with Gasteiger partial charge in [0.1, 0.15) is 0 Å². The molecule has 106 valence electrons. The molecule has 0 fully saturated rings. The Labute approximate surface area is 121 Å². The van der Waals surface area contributed by atoms with Crippen LogP contribution in [-0.2, 0) is 14.2 Å². The first-order valence-electron chi connectivity index (χ1n) is 6.48. The van der Waals surface area contributed by atoms with Crippen LogP contribution in [0.2, 0.25) is 0 Å². The van der Waals surface area contributed by atoms with Gasteiger partial charge in [-0.1, -0.05) is 48.0 Å². The minimum Gasteiger partial charge on any atom is -0.285 e. The van der Waals surface area contributed by atoms with E-state index in [9.17, 15) is 4.21 Å². The Morgan fingerprint density at radius 1 is 1.05 bits per heavy atom. The first kappa shape index (κ1) is 14.8. The molecular weight excluding hydrogens is 270 g/mol. The minimum absolute atomic E-state index is 0.190. The summed E-state index contributed by atoms with van der Waals surface area (Å²) in [5.41, 5.74) is 2.13. The van der Waals surface area contributed by atoms with Crippen molar-refractivity contribution in [3.63, 3.8) is 0 Å². The minimum atomic E-state index is -2.84. The topological polar surface area (TPSA) is 38.7 Å². The fourth-order valence-electron chi connectivity index (χ4n) is 1.91. The van der Waals surface area contributed by atoms with E-state index in [1.165, 1.54) is 7.11 Å². The molecule has 0 saturated carbocycles. The van der Waals surface area contributed by atoms with Gasteiger partial charge in [0.15, 0.2) is 10.0 Å². The molecule has 2 aromatic rings. The van der Waals surface area contributed by atoms with Crippen LogP contribution in [0.4, 0.5) is 0 Å². The molecule has 2 rings (SSSR count). The number of rotatable bonds is 4. The van der Waals surface area contributed by atoms with E-state index in [1.807, 2.05) is 68.4 Å². The first-order chi connectivity index (χ1) is 9.55. The van der Waals surface area contributed by atoms with E-state index >= 15 is 0 Å². The van der Waals surface area contributed by atoms with E-state index in [1.54, 1.807) is 0 Å². The predicted molar refractivity (Wildman–Crippen MR) is 81.9 cm³/mol. The van der Waals surface area contributed by atoms with Crippen LogP contribution in [0, 0.1) is 6.92 Å². The van der Waals surface area contributed by atoms with Crippen molar-refractivity contribution in [2.45, 2.75) is 24.8 Å². The molecule has 0 aromatic heterocycles. The SMILES string of the molecule is COS(=O)(=N[C@H](C)c1ccccc1)c1ccc(C)cc1. The van der Waals surface area contributed by atoms with Gasteiger partial charge in [-0.2, -0.15) is 0 Å². The van der Waals surface area contributed by atoms with E-state index in [-0.39, 0.29) is 6.04 Å². The zero-order valence-electron chi connectivity index (χ0n) is 11.9. The van der Waals surface area contributed by atoms with Gasteiger partial charge in [0.05, 0.1) is 18.0 Å². The smallest absolute Gasteiger partial charge is 0.193 e. The number of hydrogen-bond donors (Lipinski definition) is 0. The molecular formula is C16H19NO2S. The fourth-order valence-corrected chi connectivity index (χ4v) is 3.33. The van der Waals surface area contributed by atoms with Gasteiger partial charge in [-0.3, -0.25) is 4.18 Å². The van der Waals surface area contributed by atoms with Crippen molar-refractivity contribution < 1.29 is 8.39 Å². The number of hydrogen-bond acceptors (Lipinski definition) is 3. The van der Waals surface area contributed by atoms with Crippen molar-refractivity contribution in [2.75, 3.05) is 7.11 Å². The molecule has 0 aliphatic heterocycles. The van der Waals surface area contributed by atoms with Gasteiger partial charge in [0, 0.05) is 0 Å². The van der Waals surface area contributed by atoms with Crippen molar-refractivity contribution >= 4 is 10.0 Å². The summed E-state index contributed by atoms with van der Waals surface area (Å²) in [7, 11) is -1.41. The summed E-state index contributed by atoms with van der Waals surface area (Å²) in [6.07, 6.45) is 0. The van der Waals surface area contributed by atoms with Gasteiger partial charge >= 0.3 is 0 Å². The van der Waals surface area contributed by atoms with Crippen LogP contribution >= 0.6 is 0 Å². The highest BCUT2D eigenvalue weighted by molar-refractivity contribution is 7.89. The largest absolute Gasteiger partial charge is 0.285 e. The van der Waals surface area contributed by atoms with Gasteiger partial charge in [0.25, 0.3) is 0 Å². The summed E-state index contributed by atoms with van der Waals surface area (Å²) in [5, 5.41) is 0. The van der Waals surface area contributed by atoms with Crippen LogP contribution in [0.3, 0.4) is 0 Å². The second-order valence-electron chi connectivity index (χ2n) is 4.65. The van der Waals surface area contributed by atoms with Crippen LogP contribution in [0.1, 0.15) is 24.1 Å². The summed E-state index contributed by atoms with van der Waals surface area (Å²) in [6, 6.07) is 17.0. The highest BCUT2D eigenvalue weighted by Gasteiger charge is 2.14. The zero-order chi connectivity index (χ0) is 14.6. The van der Waals surface area contributed by atoms with Crippen LogP contribution in [0.5, 0.6) is 0 Å². The standard InChI is InChI=1S/C16H19NO2S/c1-13-9-11-16(12-10-13)20(18,19-3)17-14(2)15-7-5-4-6-8-15/h4-12,14H,1-3H3/t14-,20?/m1/s1. The monoisotopic (exact) mass is 289 g/mol. The highest BCUT2D eigenvalue weighted by atomic mass is 32.2. The van der Waals surface area contributed by atoms with Crippen molar-refractivity contribution in [2.24, 2.45) is 4.36 Å². The Bertz CT molecular complexity index is 671. The van der Waals surface area contributed by atoms with Crippen molar-refractivity contribution in [1.29, 1.82) is 0 Å². The van der Waals surface area contributed by atoms with E-state index in [2.05, 4.69) is 4.36 Å². The second kappa shape index (κ2) is 6.20. The van der Waals surface area contributed by atoms with Crippen molar-refractivity contribution in [1.82, 2.24) is 0 Å². The number of benzene rings is 2. The molecule has 0 bridgehead atoms. The van der Waals surface area contributed by atoms with Gasteiger partial charge in [-0.05, 0) is 31.5 Å². The molecule has 0 heterocycles. The van der Waals surface area contributed by atoms with E-state index < -0.39 is 10.0 Å². The molecule has 4 heteroatoms. The molecule has 0 radical (unpaired) electrons. The molecule has 3 nitrogen and oxygen atoms in total. The van der Waals surface area contributed by atoms with Crippen LogP contribution in [0.25, 0.3) is 0 Å². The first-order valence-corrected chi connectivity index (χ1v) is 7.92. The average molecular weight is 289 g/mol. The molecule has 0 spiro atoms. The Morgan fingerprint density at radius 3 is 2.20 bits per heavy atom. The number of nitrogens with zero attached hydrogens (tertiary/aromatic N) is 1. The van der Waals surface area contributed by atoms with Crippen LogP contribution in [-0.4, -0.2) is 11.3 Å². The summed E-state index contributed by atoms with van der Waals surface area (Å²) in [5.74, 6) is 0. The highest BCUT2D eigenvalue weighted by Crippen LogP contribution is 2.23. The molecule has 0 amide bonds. The molecule has 1 unspecified atom stereocenters. The molecule has 0 aliphatic carbocycles. The quantitative estimate of drug-likeness (QED) is 0.848. The maximum atomic E-state index is 12.9. The molecule has 0 aliphatic rings. The summed E-state index contributed by atoms with van der Waals surface area (Å²) in [6.45, 7) is 3.91. The lowest BCUT2D eigenvalue weighted by Crippen LogP contribution is -2.05. The lowest BCUT2D eigenvalue weighted by molar-refractivity contribution is 0.433. The van der Waals surface area contributed by atoms with Crippen molar-refractivity contribution in [3.8, 4) is 0 Å². The summed E-state index contributed by atoms with van der Waals surface area (Å²) >= 11 is 0.